The van der Waals surface area contributed by atoms with Crippen molar-refractivity contribution in [2.24, 2.45) is 0 Å². The fourth-order valence-corrected chi connectivity index (χ4v) is 2.00. The summed E-state index contributed by atoms with van der Waals surface area (Å²) in [6.45, 7) is 1.07. The maximum atomic E-state index is 13.5. The highest BCUT2D eigenvalue weighted by Gasteiger charge is 2.07. The molecule has 0 aromatic heterocycles. The van der Waals surface area contributed by atoms with Crippen molar-refractivity contribution in [3.8, 4) is 5.75 Å². The molecule has 1 N–H and O–H groups in total. The number of hydrogen-bond donors (Lipinski definition) is 1. The van der Waals surface area contributed by atoms with Gasteiger partial charge in [0.05, 0.1) is 7.11 Å². The first kappa shape index (κ1) is 19.1. The lowest BCUT2D eigenvalue weighted by Crippen LogP contribution is -2.20. The normalized spacial score (nSPS) is 10.6. The summed E-state index contributed by atoms with van der Waals surface area (Å²) in [5.41, 5.74) is 1.15. The summed E-state index contributed by atoms with van der Waals surface area (Å²) in [5.74, 6) is -2.30. The van der Waals surface area contributed by atoms with Crippen molar-refractivity contribution < 1.29 is 27.8 Å². The molecule has 2 aromatic rings. The molecular formula is C19H17F2NO4. The highest BCUT2D eigenvalue weighted by Crippen LogP contribution is 2.18. The van der Waals surface area contributed by atoms with Crippen molar-refractivity contribution in [3.05, 3.63) is 65.2 Å². The molecule has 0 saturated carbocycles. The number of benzene rings is 2. The van der Waals surface area contributed by atoms with Crippen LogP contribution in [0.5, 0.6) is 5.75 Å². The molecule has 0 aliphatic carbocycles. The number of amides is 1. The lowest BCUT2D eigenvalue weighted by molar-refractivity contribution is -0.142. The van der Waals surface area contributed by atoms with Gasteiger partial charge in [0, 0.05) is 11.8 Å². The second-order valence-electron chi connectivity index (χ2n) is 5.35. The molecule has 0 spiro atoms. The van der Waals surface area contributed by atoms with Crippen molar-refractivity contribution in [1.29, 1.82) is 0 Å². The summed E-state index contributed by atoms with van der Waals surface area (Å²) in [6, 6.07) is 8.41. The van der Waals surface area contributed by atoms with Gasteiger partial charge in [0.1, 0.15) is 5.82 Å². The number of anilines is 1. The Morgan fingerprint density at radius 2 is 1.88 bits per heavy atom. The number of rotatable bonds is 6. The van der Waals surface area contributed by atoms with Gasteiger partial charge in [-0.2, -0.15) is 0 Å². The van der Waals surface area contributed by atoms with Gasteiger partial charge >= 0.3 is 5.97 Å². The molecule has 0 atom stereocenters. The van der Waals surface area contributed by atoms with Gasteiger partial charge in [-0.15, -0.1) is 0 Å². The summed E-state index contributed by atoms with van der Waals surface area (Å²) >= 11 is 0. The molecule has 26 heavy (non-hydrogen) atoms. The van der Waals surface area contributed by atoms with Gasteiger partial charge < -0.3 is 14.8 Å². The van der Waals surface area contributed by atoms with E-state index in [4.69, 9.17) is 9.47 Å². The van der Waals surface area contributed by atoms with Crippen molar-refractivity contribution in [2.75, 3.05) is 19.0 Å². The summed E-state index contributed by atoms with van der Waals surface area (Å²) < 4.78 is 36.5. The number of esters is 1. The Hall–Kier alpha value is -3.22. The number of ether oxygens (including phenoxy) is 2. The first-order valence-electron chi connectivity index (χ1n) is 7.63. The summed E-state index contributed by atoms with van der Waals surface area (Å²) in [6.07, 6.45) is 2.41. The molecular weight excluding hydrogens is 344 g/mol. The van der Waals surface area contributed by atoms with E-state index in [9.17, 15) is 18.4 Å². The summed E-state index contributed by atoms with van der Waals surface area (Å²) in [5, 5.41) is 2.42. The molecule has 136 valence electrons. The Labute approximate surface area is 149 Å². The van der Waals surface area contributed by atoms with E-state index in [-0.39, 0.29) is 11.4 Å². The molecule has 0 bridgehead atoms. The number of nitrogens with one attached hydrogen (secondary N) is 1. The van der Waals surface area contributed by atoms with Gasteiger partial charge in [0.2, 0.25) is 0 Å². The van der Waals surface area contributed by atoms with Crippen LogP contribution in [0.3, 0.4) is 0 Å². The average Bonchev–Trinajstić information content (AvgIpc) is 2.61. The van der Waals surface area contributed by atoms with Gasteiger partial charge in [-0.1, -0.05) is 12.1 Å². The van der Waals surface area contributed by atoms with Crippen molar-refractivity contribution >= 4 is 23.6 Å². The van der Waals surface area contributed by atoms with Gasteiger partial charge in [0.15, 0.2) is 18.2 Å². The zero-order chi connectivity index (χ0) is 19.1. The molecule has 0 aliphatic heterocycles. The maximum absolute atomic E-state index is 13.5. The van der Waals surface area contributed by atoms with Gasteiger partial charge in [-0.05, 0) is 48.4 Å². The lowest BCUT2D eigenvalue weighted by Gasteiger charge is -2.06. The first-order chi connectivity index (χ1) is 12.4. The van der Waals surface area contributed by atoms with Crippen LogP contribution in [-0.4, -0.2) is 25.6 Å². The standard InChI is InChI=1S/C19H17F2NO4/c1-12-3-6-14(10-15(12)20)22-18(23)11-26-19(24)8-5-13-4-7-17(25-2)16(21)9-13/h3-10H,11H2,1-2H3,(H,22,23)/b8-5+. The SMILES string of the molecule is COc1ccc(/C=C/C(=O)OCC(=O)Nc2ccc(C)c(F)c2)cc1F. The average molecular weight is 361 g/mol. The Morgan fingerprint density at radius 1 is 1.12 bits per heavy atom. The van der Waals surface area contributed by atoms with E-state index in [0.29, 0.717) is 11.1 Å². The number of methoxy groups -OCH3 is 1. The van der Waals surface area contributed by atoms with Crippen LogP contribution in [0, 0.1) is 18.6 Å². The van der Waals surface area contributed by atoms with E-state index in [2.05, 4.69) is 5.32 Å². The Bertz CT molecular complexity index is 849. The van der Waals surface area contributed by atoms with Crippen molar-refractivity contribution in [1.82, 2.24) is 0 Å². The third kappa shape index (κ3) is 5.41. The number of halogens is 2. The zero-order valence-electron chi connectivity index (χ0n) is 14.2. The lowest BCUT2D eigenvalue weighted by atomic mass is 10.2. The van der Waals surface area contributed by atoms with Crippen LogP contribution >= 0.6 is 0 Å². The number of hydrogen-bond acceptors (Lipinski definition) is 4. The minimum atomic E-state index is -0.772. The predicted octanol–water partition coefficient (Wildman–Crippen LogP) is 3.48. The minimum Gasteiger partial charge on any atom is -0.494 e. The summed E-state index contributed by atoms with van der Waals surface area (Å²) in [7, 11) is 1.35. The van der Waals surface area contributed by atoms with Crippen LogP contribution in [0.1, 0.15) is 11.1 Å². The molecule has 1 amide bonds. The van der Waals surface area contributed by atoms with E-state index in [1.54, 1.807) is 13.0 Å². The molecule has 5 nitrogen and oxygen atoms in total. The van der Waals surface area contributed by atoms with Crippen LogP contribution in [0.2, 0.25) is 0 Å². The largest absolute Gasteiger partial charge is 0.494 e. The second kappa shape index (κ2) is 8.75. The Balaban J connectivity index is 1.84. The minimum absolute atomic E-state index is 0.0916. The molecule has 2 rings (SSSR count). The van der Waals surface area contributed by atoms with Gasteiger partial charge in [-0.3, -0.25) is 4.79 Å². The quantitative estimate of drug-likeness (QED) is 0.632. The third-order valence-electron chi connectivity index (χ3n) is 3.39. The molecule has 0 heterocycles. The van der Waals surface area contributed by atoms with Crippen LogP contribution in [0.15, 0.2) is 42.5 Å². The van der Waals surface area contributed by atoms with Crippen LogP contribution in [0.4, 0.5) is 14.5 Å². The Morgan fingerprint density at radius 3 is 2.54 bits per heavy atom. The van der Waals surface area contributed by atoms with Gasteiger partial charge in [-0.25, -0.2) is 13.6 Å². The molecule has 7 heteroatoms. The van der Waals surface area contributed by atoms with E-state index in [1.807, 2.05) is 0 Å². The van der Waals surface area contributed by atoms with Crippen molar-refractivity contribution in [3.63, 3.8) is 0 Å². The highest BCUT2D eigenvalue weighted by atomic mass is 19.1. The predicted molar refractivity (Wildman–Crippen MR) is 92.7 cm³/mol. The molecule has 0 unspecified atom stereocenters. The second-order valence-corrected chi connectivity index (χ2v) is 5.35. The maximum Gasteiger partial charge on any atom is 0.331 e. The monoisotopic (exact) mass is 361 g/mol. The topological polar surface area (TPSA) is 64.6 Å². The molecule has 2 aromatic carbocycles. The molecule has 0 saturated heterocycles. The first-order valence-corrected chi connectivity index (χ1v) is 7.63. The fraction of sp³-hybridized carbons (Fsp3) is 0.158. The highest BCUT2D eigenvalue weighted by molar-refractivity contribution is 5.94. The van der Waals surface area contributed by atoms with Gasteiger partial charge in [0.25, 0.3) is 5.91 Å². The van der Waals surface area contributed by atoms with Crippen LogP contribution in [0.25, 0.3) is 6.08 Å². The number of aryl methyl sites for hydroxylation is 1. The zero-order valence-corrected chi connectivity index (χ0v) is 14.2. The molecule has 0 aliphatic rings. The Kier molecular flexibility index (Phi) is 6.43. The van der Waals surface area contributed by atoms with Crippen molar-refractivity contribution in [2.45, 2.75) is 6.92 Å². The molecule has 0 fully saturated rings. The van der Waals surface area contributed by atoms with E-state index in [1.165, 1.54) is 43.5 Å². The smallest absolute Gasteiger partial charge is 0.331 e. The van der Waals surface area contributed by atoms with E-state index < -0.39 is 30.1 Å². The fourth-order valence-electron chi connectivity index (χ4n) is 2.00. The number of carbonyl (C=O) groups is 2. The molecule has 0 radical (unpaired) electrons. The van der Waals surface area contributed by atoms with E-state index >= 15 is 0 Å². The number of carbonyl (C=O) groups excluding carboxylic acids is 2. The van der Waals surface area contributed by atoms with Crippen LogP contribution < -0.4 is 10.1 Å². The van der Waals surface area contributed by atoms with Crippen LogP contribution in [-0.2, 0) is 14.3 Å². The van der Waals surface area contributed by atoms with E-state index in [0.717, 1.165) is 6.08 Å². The third-order valence-corrected chi connectivity index (χ3v) is 3.39. The summed E-state index contributed by atoms with van der Waals surface area (Å²) in [4.78, 5) is 23.3.